The molecule has 1 aliphatic heterocycles. The van der Waals surface area contributed by atoms with Crippen molar-refractivity contribution in [3.05, 3.63) is 29.3 Å². The van der Waals surface area contributed by atoms with Crippen LogP contribution in [0.1, 0.15) is 58.2 Å². The molecule has 1 aliphatic carbocycles. The molecule has 2 aromatic rings. The summed E-state index contributed by atoms with van der Waals surface area (Å²) in [5.41, 5.74) is 4.22. The van der Waals surface area contributed by atoms with Crippen LogP contribution in [0.4, 0.5) is 10.2 Å². The van der Waals surface area contributed by atoms with Crippen LogP contribution in [0.5, 0.6) is 0 Å². The molecule has 7 heteroatoms. The minimum atomic E-state index is -0.506. The number of halogens is 1. The number of pyridine rings is 1. The minimum Gasteiger partial charge on any atom is -0.370 e. The van der Waals surface area contributed by atoms with E-state index in [9.17, 15) is 9.18 Å². The van der Waals surface area contributed by atoms with Crippen molar-refractivity contribution in [2.24, 2.45) is 17.3 Å². The number of hydrogen-bond acceptors (Lipinski definition) is 4. The van der Waals surface area contributed by atoms with Crippen LogP contribution in [-0.4, -0.2) is 45.6 Å². The van der Waals surface area contributed by atoms with Gasteiger partial charge in [-0.1, -0.05) is 27.7 Å². The molecule has 0 bridgehead atoms. The first-order valence-corrected chi connectivity index (χ1v) is 11.5. The molecule has 6 nitrogen and oxygen atoms in total. The van der Waals surface area contributed by atoms with Crippen LogP contribution < -0.4 is 5.32 Å². The van der Waals surface area contributed by atoms with Crippen molar-refractivity contribution in [1.82, 2.24) is 20.1 Å². The summed E-state index contributed by atoms with van der Waals surface area (Å²) in [5, 5.41) is 11.0. The Morgan fingerprint density at radius 3 is 2.97 bits per heavy atom. The Morgan fingerprint density at radius 2 is 2.19 bits per heavy atom. The van der Waals surface area contributed by atoms with Gasteiger partial charge in [0.05, 0.1) is 5.69 Å². The van der Waals surface area contributed by atoms with Crippen molar-refractivity contribution in [3.8, 4) is 11.3 Å². The number of piperidine rings is 1. The Kier molecular flexibility index (Phi) is 6.04. The summed E-state index contributed by atoms with van der Waals surface area (Å²) >= 11 is 0. The van der Waals surface area contributed by atoms with E-state index in [0.717, 1.165) is 62.1 Å². The highest BCUT2D eigenvalue weighted by Gasteiger charge is 2.29. The Bertz CT molecular complexity index is 951. The molecule has 4 rings (SSSR count). The van der Waals surface area contributed by atoms with Crippen LogP contribution in [-0.2, 0) is 17.6 Å². The normalized spacial score (nSPS) is 20.6. The van der Waals surface area contributed by atoms with E-state index in [4.69, 9.17) is 0 Å². The summed E-state index contributed by atoms with van der Waals surface area (Å²) in [5.74, 6) is 0.584. The molecule has 1 saturated heterocycles. The first kappa shape index (κ1) is 21.8. The number of carbonyl (C=O) groups is 1. The molecule has 0 spiro atoms. The monoisotopic (exact) mass is 427 g/mol. The maximum absolute atomic E-state index is 14.4. The second-order valence-corrected chi connectivity index (χ2v) is 10.3. The molecule has 2 N–H and O–H groups in total. The van der Waals surface area contributed by atoms with Gasteiger partial charge in [-0.25, -0.2) is 4.98 Å². The number of anilines is 1. The maximum Gasteiger partial charge on any atom is 0.225 e. The van der Waals surface area contributed by atoms with Gasteiger partial charge in [0.15, 0.2) is 0 Å². The van der Waals surface area contributed by atoms with E-state index in [1.54, 1.807) is 0 Å². The van der Waals surface area contributed by atoms with Crippen LogP contribution >= 0.6 is 0 Å². The largest absolute Gasteiger partial charge is 0.370 e. The zero-order valence-electron chi connectivity index (χ0n) is 19.1. The fourth-order valence-corrected chi connectivity index (χ4v) is 4.86. The van der Waals surface area contributed by atoms with Crippen molar-refractivity contribution in [2.75, 3.05) is 25.0 Å². The lowest BCUT2D eigenvalue weighted by Gasteiger charge is -2.34. The molecule has 0 saturated carbocycles. The van der Waals surface area contributed by atoms with Crippen molar-refractivity contribution in [1.29, 1.82) is 0 Å². The van der Waals surface area contributed by atoms with Gasteiger partial charge in [0.1, 0.15) is 5.82 Å². The van der Waals surface area contributed by atoms with Gasteiger partial charge < -0.3 is 10.2 Å². The highest BCUT2D eigenvalue weighted by molar-refractivity contribution is 5.78. The van der Waals surface area contributed by atoms with E-state index in [1.807, 2.05) is 24.8 Å². The van der Waals surface area contributed by atoms with E-state index >= 15 is 0 Å². The van der Waals surface area contributed by atoms with Gasteiger partial charge in [0, 0.05) is 48.4 Å². The number of fused-ring (bicyclic) bond motifs is 1. The first-order valence-electron chi connectivity index (χ1n) is 11.5. The molecule has 0 radical (unpaired) electrons. The second-order valence-electron chi connectivity index (χ2n) is 10.3. The Hall–Kier alpha value is -2.44. The average Bonchev–Trinajstić information content (AvgIpc) is 3.13. The summed E-state index contributed by atoms with van der Waals surface area (Å²) in [4.78, 5) is 18.3. The molecule has 1 fully saturated rings. The zero-order valence-corrected chi connectivity index (χ0v) is 19.1. The number of hydrogen-bond donors (Lipinski definition) is 2. The third kappa shape index (κ3) is 4.91. The summed E-state index contributed by atoms with van der Waals surface area (Å²) in [6.45, 7) is 10.7. The Labute approximate surface area is 184 Å². The van der Waals surface area contributed by atoms with E-state index in [-0.39, 0.29) is 17.2 Å². The van der Waals surface area contributed by atoms with Crippen LogP contribution in [0, 0.1) is 23.2 Å². The lowest BCUT2D eigenvalue weighted by atomic mass is 9.76. The molecule has 168 valence electrons. The Balaban J connectivity index is 1.46. The summed E-state index contributed by atoms with van der Waals surface area (Å²) in [7, 11) is 0. The number of nitrogens with one attached hydrogen (secondary N) is 2. The summed E-state index contributed by atoms with van der Waals surface area (Å²) in [6, 6.07) is 3.35. The zero-order chi connectivity index (χ0) is 22.2. The van der Waals surface area contributed by atoms with E-state index in [0.29, 0.717) is 18.3 Å². The van der Waals surface area contributed by atoms with Crippen LogP contribution in [0.25, 0.3) is 11.3 Å². The predicted molar refractivity (Wildman–Crippen MR) is 120 cm³/mol. The van der Waals surface area contributed by atoms with Gasteiger partial charge in [-0.2, -0.15) is 9.49 Å². The lowest BCUT2D eigenvalue weighted by Crippen LogP contribution is -2.43. The maximum atomic E-state index is 14.4. The SMILES string of the molecule is CC(C)C(=O)N1CCCC(CNc2cc(-c3n[nH]c4c3CCC(C)(C)C4)cc(F)n2)C1. The fraction of sp³-hybridized carbons (Fsp3) is 0.625. The van der Waals surface area contributed by atoms with Crippen LogP contribution in [0.3, 0.4) is 0 Å². The molecule has 2 aromatic heterocycles. The molecule has 0 aromatic carbocycles. The van der Waals surface area contributed by atoms with Crippen molar-refractivity contribution in [2.45, 2.75) is 59.8 Å². The number of rotatable bonds is 5. The molecular weight excluding hydrogens is 393 g/mol. The fourth-order valence-electron chi connectivity index (χ4n) is 4.86. The molecule has 3 heterocycles. The molecular formula is C24H34FN5O. The second kappa shape index (κ2) is 8.60. The number of carbonyl (C=O) groups excluding carboxylic acids is 1. The molecule has 1 atom stereocenters. The van der Waals surface area contributed by atoms with Crippen molar-refractivity contribution >= 4 is 11.7 Å². The summed E-state index contributed by atoms with van der Waals surface area (Å²) in [6.07, 6.45) is 5.06. The van der Waals surface area contributed by atoms with E-state index in [1.165, 1.54) is 11.6 Å². The molecule has 31 heavy (non-hydrogen) atoms. The number of H-pyrrole nitrogens is 1. The van der Waals surface area contributed by atoms with Crippen molar-refractivity contribution in [3.63, 3.8) is 0 Å². The van der Waals surface area contributed by atoms with E-state index in [2.05, 4.69) is 34.3 Å². The quantitative estimate of drug-likeness (QED) is 0.692. The highest BCUT2D eigenvalue weighted by Crippen LogP contribution is 2.38. The summed E-state index contributed by atoms with van der Waals surface area (Å²) < 4.78 is 14.4. The topological polar surface area (TPSA) is 73.9 Å². The first-order chi connectivity index (χ1) is 14.7. The number of likely N-dealkylation sites (tertiary alicyclic amines) is 1. The number of aromatic nitrogens is 3. The van der Waals surface area contributed by atoms with Gasteiger partial charge in [-0.3, -0.25) is 9.89 Å². The minimum absolute atomic E-state index is 0.0181. The highest BCUT2D eigenvalue weighted by atomic mass is 19.1. The third-order valence-electron chi connectivity index (χ3n) is 6.62. The van der Waals surface area contributed by atoms with Gasteiger partial charge in [0.25, 0.3) is 0 Å². The number of nitrogens with zero attached hydrogens (tertiary/aromatic N) is 3. The van der Waals surface area contributed by atoms with Crippen molar-refractivity contribution < 1.29 is 9.18 Å². The van der Waals surface area contributed by atoms with Gasteiger partial charge in [-0.15, -0.1) is 0 Å². The smallest absolute Gasteiger partial charge is 0.225 e. The lowest BCUT2D eigenvalue weighted by molar-refractivity contribution is -0.136. The van der Waals surface area contributed by atoms with Gasteiger partial charge in [-0.05, 0) is 49.5 Å². The third-order valence-corrected chi connectivity index (χ3v) is 6.62. The Morgan fingerprint density at radius 1 is 1.39 bits per heavy atom. The predicted octanol–water partition coefficient (Wildman–Crippen LogP) is 4.43. The van der Waals surface area contributed by atoms with Crippen LogP contribution in [0.2, 0.25) is 0 Å². The van der Waals surface area contributed by atoms with Crippen LogP contribution in [0.15, 0.2) is 12.1 Å². The van der Waals surface area contributed by atoms with Gasteiger partial charge in [0.2, 0.25) is 11.9 Å². The molecule has 1 amide bonds. The number of amides is 1. The molecule has 2 aliphatic rings. The standard InChI is InChI=1S/C24H34FN5O/c1-15(2)23(31)30-9-5-6-16(14-30)13-26-21-11-17(10-20(25)27-21)22-18-7-8-24(3,4)12-19(18)28-29-22/h10-11,15-16H,5-9,12-14H2,1-4H3,(H,26,27)(H,28,29). The van der Waals surface area contributed by atoms with Gasteiger partial charge >= 0.3 is 0 Å². The number of aromatic amines is 1. The average molecular weight is 428 g/mol. The molecule has 1 unspecified atom stereocenters. The van der Waals surface area contributed by atoms with E-state index < -0.39 is 5.95 Å².